The molecule has 1 aromatic carbocycles. The minimum Gasteiger partial charge on any atom is -0.314 e. The molecule has 1 N–H and O–H groups in total. The topological polar surface area (TPSA) is 24.9 Å². The van der Waals surface area contributed by atoms with Crippen molar-refractivity contribution >= 4 is 15.9 Å². The van der Waals surface area contributed by atoms with Gasteiger partial charge in [0.2, 0.25) is 0 Å². The Bertz CT molecular complexity index is 550. The van der Waals surface area contributed by atoms with Gasteiger partial charge in [-0.1, -0.05) is 28.1 Å². The zero-order chi connectivity index (χ0) is 13.8. The quantitative estimate of drug-likeness (QED) is 0.898. The van der Waals surface area contributed by atoms with E-state index in [0.29, 0.717) is 6.04 Å². The average Bonchev–Trinajstić information content (AvgIpc) is 2.42. The SMILES string of the molecule is Brc1cccc(C2CC(NCCc3ccncc3)C2)c1. The van der Waals surface area contributed by atoms with Crippen LogP contribution in [0, 0.1) is 0 Å². The summed E-state index contributed by atoms with van der Waals surface area (Å²) in [5.41, 5.74) is 2.82. The molecule has 0 saturated heterocycles. The van der Waals surface area contributed by atoms with Gasteiger partial charge in [0.25, 0.3) is 0 Å². The molecular formula is C17H19BrN2. The molecule has 0 atom stereocenters. The van der Waals surface area contributed by atoms with E-state index in [2.05, 4.69) is 62.6 Å². The summed E-state index contributed by atoms with van der Waals surface area (Å²) in [6.07, 6.45) is 7.32. The van der Waals surface area contributed by atoms with Gasteiger partial charge in [0.05, 0.1) is 0 Å². The highest BCUT2D eigenvalue weighted by Crippen LogP contribution is 2.37. The molecule has 0 unspecified atom stereocenters. The van der Waals surface area contributed by atoms with Gasteiger partial charge in [-0.2, -0.15) is 0 Å². The Morgan fingerprint density at radius 2 is 1.95 bits per heavy atom. The molecule has 2 aromatic rings. The maximum absolute atomic E-state index is 4.04. The predicted octanol–water partition coefficient (Wildman–Crippen LogP) is 3.92. The van der Waals surface area contributed by atoms with Gasteiger partial charge in [0.1, 0.15) is 0 Å². The molecule has 3 heteroatoms. The fraction of sp³-hybridized carbons (Fsp3) is 0.353. The van der Waals surface area contributed by atoms with Crippen LogP contribution in [0.4, 0.5) is 0 Å². The van der Waals surface area contributed by atoms with Gasteiger partial charge in [0, 0.05) is 22.9 Å². The smallest absolute Gasteiger partial charge is 0.0270 e. The van der Waals surface area contributed by atoms with E-state index in [-0.39, 0.29) is 0 Å². The van der Waals surface area contributed by atoms with Gasteiger partial charge in [-0.15, -0.1) is 0 Å². The molecule has 0 radical (unpaired) electrons. The van der Waals surface area contributed by atoms with Gasteiger partial charge < -0.3 is 5.32 Å². The van der Waals surface area contributed by atoms with Crippen molar-refractivity contribution in [2.24, 2.45) is 0 Å². The molecule has 20 heavy (non-hydrogen) atoms. The Hall–Kier alpha value is -1.19. The molecule has 1 aliphatic rings. The lowest BCUT2D eigenvalue weighted by molar-refractivity contribution is 0.292. The fourth-order valence-electron chi connectivity index (χ4n) is 2.79. The molecule has 3 rings (SSSR count). The first kappa shape index (κ1) is 13.8. The molecule has 0 aliphatic heterocycles. The van der Waals surface area contributed by atoms with E-state index >= 15 is 0 Å². The molecule has 1 aliphatic carbocycles. The lowest BCUT2D eigenvalue weighted by Gasteiger charge is -2.36. The molecule has 104 valence electrons. The van der Waals surface area contributed by atoms with Crippen molar-refractivity contribution in [3.8, 4) is 0 Å². The molecule has 0 bridgehead atoms. The highest BCUT2D eigenvalue weighted by atomic mass is 79.9. The highest BCUT2D eigenvalue weighted by molar-refractivity contribution is 9.10. The first-order chi connectivity index (χ1) is 9.81. The van der Waals surface area contributed by atoms with Crippen LogP contribution in [0.2, 0.25) is 0 Å². The Morgan fingerprint density at radius 1 is 1.15 bits per heavy atom. The Balaban J connectivity index is 1.40. The van der Waals surface area contributed by atoms with Crippen molar-refractivity contribution in [2.45, 2.75) is 31.2 Å². The van der Waals surface area contributed by atoms with Crippen LogP contribution in [-0.4, -0.2) is 17.6 Å². The van der Waals surface area contributed by atoms with Crippen molar-refractivity contribution in [1.29, 1.82) is 0 Å². The molecule has 1 heterocycles. The summed E-state index contributed by atoms with van der Waals surface area (Å²) >= 11 is 3.55. The third-order valence-corrected chi connectivity index (χ3v) is 4.55. The summed E-state index contributed by atoms with van der Waals surface area (Å²) in [5.74, 6) is 0.728. The number of pyridine rings is 1. The van der Waals surface area contributed by atoms with Gasteiger partial charge in [-0.05, 0) is 67.1 Å². The second-order valence-corrected chi connectivity index (χ2v) is 6.40. The number of hydrogen-bond acceptors (Lipinski definition) is 2. The number of aromatic nitrogens is 1. The van der Waals surface area contributed by atoms with Gasteiger partial charge in [-0.25, -0.2) is 0 Å². The van der Waals surface area contributed by atoms with Crippen LogP contribution >= 0.6 is 15.9 Å². The van der Waals surface area contributed by atoms with Crippen LogP contribution in [-0.2, 0) is 6.42 Å². The Kier molecular flexibility index (Phi) is 4.48. The van der Waals surface area contributed by atoms with Crippen LogP contribution in [0.15, 0.2) is 53.3 Å². The summed E-state index contributed by atoms with van der Waals surface area (Å²) in [6, 6.07) is 13.6. The minimum atomic E-state index is 0.681. The monoisotopic (exact) mass is 330 g/mol. The molecule has 1 saturated carbocycles. The molecule has 2 nitrogen and oxygen atoms in total. The van der Waals surface area contributed by atoms with Crippen molar-refractivity contribution in [2.75, 3.05) is 6.54 Å². The van der Waals surface area contributed by atoms with Gasteiger partial charge in [0.15, 0.2) is 0 Å². The number of nitrogens with one attached hydrogen (secondary N) is 1. The van der Waals surface area contributed by atoms with E-state index in [1.807, 2.05) is 12.4 Å². The van der Waals surface area contributed by atoms with Crippen LogP contribution in [0.25, 0.3) is 0 Å². The average molecular weight is 331 g/mol. The lowest BCUT2D eigenvalue weighted by atomic mass is 9.76. The van der Waals surface area contributed by atoms with Crippen molar-refractivity contribution in [3.05, 3.63) is 64.4 Å². The third-order valence-electron chi connectivity index (χ3n) is 4.05. The van der Waals surface area contributed by atoms with Crippen LogP contribution in [0.1, 0.15) is 29.9 Å². The zero-order valence-corrected chi connectivity index (χ0v) is 13.0. The van der Waals surface area contributed by atoms with E-state index in [9.17, 15) is 0 Å². The fourth-order valence-corrected chi connectivity index (χ4v) is 3.20. The number of halogens is 1. The predicted molar refractivity (Wildman–Crippen MR) is 85.8 cm³/mol. The minimum absolute atomic E-state index is 0.681. The summed E-state index contributed by atoms with van der Waals surface area (Å²) < 4.78 is 1.18. The zero-order valence-electron chi connectivity index (χ0n) is 11.4. The summed E-state index contributed by atoms with van der Waals surface area (Å²) in [5, 5.41) is 3.65. The summed E-state index contributed by atoms with van der Waals surface area (Å²) in [7, 11) is 0. The molecule has 1 aromatic heterocycles. The standard InChI is InChI=1S/C17H19BrN2/c18-16-3-1-2-14(10-16)15-11-17(12-15)20-9-6-13-4-7-19-8-5-13/h1-5,7-8,10,15,17,20H,6,9,11-12H2. The maximum atomic E-state index is 4.04. The van der Waals surface area contributed by atoms with Crippen molar-refractivity contribution in [3.63, 3.8) is 0 Å². The number of rotatable bonds is 5. The normalized spacial score (nSPS) is 21.4. The van der Waals surface area contributed by atoms with E-state index < -0.39 is 0 Å². The second kappa shape index (κ2) is 6.51. The van der Waals surface area contributed by atoms with Gasteiger partial charge in [-0.3, -0.25) is 4.98 Å². The maximum Gasteiger partial charge on any atom is 0.0270 e. The van der Waals surface area contributed by atoms with Crippen LogP contribution in [0.5, 0.6) is 0 Å². The van der Waals surface area contributed by atoms with Crippen LogP contribution in [0.3, 0.4) is 0 Å². The van der Waals surface area contributed by atoms with Crippen molar-refractivity contribution in [1.82, 2.24) is 10.3 Å². The summed E-state index contributed by atoms with van der Waals surface area (Å²) in [6.45, 7) is 1.06. The molecule has 0 amide bonds. The second-order valence-electron chi connectivity index (χ2n) is 5.48. The van der Waals surface area contributed by atoms with Gasteiger partial charge >= 0.3 is 0 Å². The molecule has 0 spiro atoms. The highest BCUT2D eigenvalue weighted by Gasteiger charge is 2.29. The van der Waals surface area contributed by atoms with E-state index in [4.69, 9.17) is 0 Å². The summed E-state index contributed by atoms with van der Waals surface area (Å²) in [4.78, 5) is 4.04. The third kappa shape index (κ3) is 3.47. The van der Waals surface area contributed by atoms with Crippen molar-refractivity contribution < 1.29 is 0 Å². The van der Waals surface area contributed by atoms with E-state index in [1.165, 1.54) is 28.4 Å². The van der Waals surface area contributed by atoms with Crippen LogP contribution < -0.4 is 5.32 Å². The largest absolute Gasteiger partial charge is 0.314 e. The van der Waals surface area contributed by atoms with E-state index in [1.54, 1.807) is 0 Å². The molecule has 1 fully saturated rings. The lowest BCUT2D eigenvalue weighted by Crippen LogP contribution is -2.40. The number of nitrogens with zero attached hydrogens (tertiary/aromatic N) is 1. The Morgan fingerprint density at radius 3 is 2.70 bits per heavy atom. The number of benzene rings is 1. The van der Waals surface area contributed by atoms with E-state index in [0.717, 1.165) is 18.9 Å². The first-order valence-electron chi connectivity index (χ1n) is 7.19. The molecular weight excluding hydrogens is 312 g/mol. The number of hydrogen-bond donors (Lipinski definition) is 1. The first-order valence-corrected chi connectivity index (χ1v) is 7.98. The Labute approximate surface area is 128 Å².